The second kappa shape index (κ2) is 6.02. The van der Waals surface area contributed by atoms with E-state index in [1.807, 2.05) is 0 Å². The number of halogens is 2. The quantitative estimate of drug-likeness (QED) is 0.740. The Balaban J connectivity index is 1.91. The number of alkyl halides is 1. The van der Waals surface area contributed by atoms with E-state index in [9.17, 15) is 0 Å². The summed E-state index contributed by atoms with van der Waals surface area (Å²) >= 11 is 9.65. The Labute approximate surface area is 128 Å². The highest BCUT2D eigenvalue weighted by Gasteiger charge is 2.34. The van der Waals surface area contributed by atoms with Crippen molar-refractivity contribution in [1.29, 1.82) is 0 Å². The molecule has 2 aliphatic rings. The van der Waals surface area contributed by atoms with Crippen LogP contribution in [0.25, 0.3) is 0 Å². The van der Waals surface area contributed by atoms with Crippen molar-refractivity contribution in [3.63, 3.8) is 0 Å². The fraction of sp³-hybridized carbons (Fsp3) is 0.600. The van der Waals surface area contributed by atoms with Gasteiger partial charge in [-0.05, 0) is 36.6 Å². The summed E-state index contributed by atoms with van der Waals surface area (Å²) in [6.45, 7) is 1.81. The first kappa shape index (κ1) is 13.7. The van der Waals surface area contributed by atoms with Crippen LogP contribution in [-0.2, 0) is 10.6 Å². The number of ether oxygens (including phenoxy) is 1. The zero-order valence-electron chi connectivity index (χ0n) is 10.9. The Morgan fingerprint density at radius 1 is 1.32 bits per heavy atom. The summed E-state index contributed by atoms with van der Waals surface area (Å²) < 4.78 is 7.04. The number of anilines is 1. The molecule has 3 rings (SSSR count). The van der Waals surface area contributed by atoms with E-state index in [-0.39, 0.29) is 0 Å². The minimum absolute atomic E-state index is 0.411. The Kier molecular flexibility index (Phi) is 4.35. The lowest BCUT2D eigenvalue weighted by molar-refractivity contribution is -0.00872. The van der Waals surface area contributed by atoms with Gasteiger partial charge in [0.05, 0.1) is 18.8 Å². The summed E-state index contributed by atoms with van der Waals surface area (Å²) in [5, 5.41) is 0. The number of morpholine rings is 1. The van der Waals surface area contributed by atoms with Gasteiger partial charge in [-0.3, -0.25) is 0 Å². The van der Waals surface area contributed by atoms with E-state index in [1.165, 1.54) is 36.9 Å². The largest absolute Gasteiger partial charge is 0.374 e. The topological polar surface area (TPSA) is 12.5 Å². The van der Waals surface area contributed by atoms with Crippen LogP contribution >= 0.6 is 27.5 Å². The first-order valence-corrected chi connectivity index (χ1v) is 8.35. The third kappa shape index (κ3) is 2.79. The van der Waals surface area contributed by atoms with Gasteiger partial charge in [-0.15, -0.1) is 11.6 Å². The molecule has 1 aromatic carbocycles. The molecule has 1 aromatic rings. The van der Waals surface area contributed by atoms with Crippen LogP contribution < -0.4 is 4.90 Å². The summed E-state index contributed by atoms with van der Waals surface area (Å²) in [6, 6.07) is 6.97. The molecule has 4 heteroatoms. The summed E-state index contributed by atoms with van der Waals surface area (Å²) in [4.78, 5) is 2.53. The van der Waals surface area contributed by atoms with Crippen molar-refractivity contribution in [1.82, 2.24) is 0 Å². The van der Waals surface area contributed by atoms with Gasteiger partial charge >= 0.3 is 0 Å². The zero-order chi connectivity index (χ0) is 13.2. The average molecular weight is 345 g/mol. The third-order valence-electron chi connectivity index (χ3n) is 4.23. The van der Waals surface area contributed by atoms with E-state index >= 15 is 0 Å². The van der Waals surface area contributed by atoms with Gasteiger partial charge in [0.1, 0.15) is 0 Å². The molecular weight excluding hydrogens is 326 g/mol. The van der Waals surface area contributed by atoms with Gasteiger partial charge in [0.15, 0.2) is 0 Å². The Morgan fingerprint density at radius 2 is 2.16 bits per heavy atom. The van der Waals surface area contributed by atoms with Gasteiger partial charge in [-0.25, -0.2) is 0 Å². The number of hydrogen-bond donors (Lipinski definition) is 0. The number of nitrogens with zero attached hydrogens (tertiary/aromatic N) is 1. The van der Waals surface area contributed by atoms with Crippen molar-refractivity contribution in [3.8, 4) is 0 Å². The minimum atomic E-state index is 0.411. The number of hydrogen-bond acceptors (Lipinski definition) is 2. The number of rotatable bonds is 2. The van der Waals surface area contributed by atoms with Gasteiger partial charge in [0, 0.05) is 22.6 Å². The van der Waals surface area contributed by atoms with Crippen molar-refractivity contribution >= 4 is 33.2 Å². The molecule has 0 N–H and O–H groups in total. The molecule has 2 nitrogen and oxygen atoms in total. The molecule has 0 amide bonds. The maximum absolute atomic E-state index is 6.12. The van der Waals surface area contributed by atoms with Crippen molar-refractivity contribution in [2.75, 3.05) is 18.1 Å². The summed E-state index contributed by atoms with van der Waals surface area (Å²) in [5.74, 6) is 0.559. The number of benzene rings is 1. The fourth-order valence-corrected chi connectivity index (χ4v) is 3.96. The molecule has 1 aliphatic heterocycles. The molecule has 1 heterocycles. The zero-order valence-corrected chi connectivity index (χ0v) is 13.3. The van der Waals surface area contributed by atoms with Crippen LogP contribution in [-0.4, -0.2) is 25.3 Å². The molecule has 2 atom stereocenters. The molecule has 0 aromatic heterocycles. The molecule has 2 unspecified atom stereocenters. The molecule has 0 spiro atoms. The average Bonchev–Trinajstić information content (AvgIpc) is 2.46. The van der Waals surface area contributed by atoms with E-state index in [1.54, 1.807) is 0 Å². The highest BCUT2D eigenvalue weighted by atomic mass is 79.9. The van der Waals surface area contributed by atoms with Crippen LogP contribution in [0.1, 0.15) is 31.2 Å². The monoisotopic (exact) mass is 343 g/mol. The lowest BCUT2D eigenvalue weighted by atomic mass is 9.89. The van der Waals surface area contributed by atoms with Gasteiger partial charge in [0.25, 0.3) is 0 Å². The van der Waals surface area contributed by atoms with Crippen molar-refractivity contribution in [2.24, 2.45) is 0 Å². The van der Waals surface area contributed by atoms with E-state index < -0.39 is 0 Å². The van der Waals surface area contributed by atoms with Gasteiger partial charge in [-0.2, -0.15) is 0 Å². The minimum Gasteiger partial charge on any atom is -0.374 e. The van der Waals surface area contributed by atoms with Crippen LogP contribution in [0.4, 0.5) is 5.69 Å². The van der Waals surface area contributed by atoms with Crippen LogP contribution in [0.2, 0.25) is 0 Å². The van der Waals surface area contributed by atoms with Crippen LogP contribution in [0, 0.1) is 0 Å². The fourth-order valence-electron chi connectivity index (χ4n) is 3.34. The summed E-state index contributed by atoms with van der Waals surface area (Å²) in [5.41, 5.74) is 2.50. The molecule has 1 saturated heterocycles. The van der Waals surface area contributed by atoms with E-state index in [2.05, 4.69) is 39.0 Å². The molecule has 0 bridgehead atoms. The molecule has 0 radical (unpaired) electrons. The van der Waals surface area contributed by atoms with Crippen LogP contribution in [0.15, 0.2) is 22.7 Å². The van der Waals surface area contributed by atoms with E-state index in [0.717, 1.165) is 17.6 Å². The van der Waals surface area contributed by atoms with Crippen LogP contribution in [0.3, 0.4) is 0 Å². The second-order valence-electron chi connectivity index (χ2n) is 5.36. The molecular formula is C15H19BrClNO. The summed E-state index contributed by atoms with van der Waals surface area (Å²) in [7, 11) is 0. The van der Waals surface area contributed by atoms with Crippen molar-refractivity contribution in [2.45, 2.75) is 43.7 Å². The summed E-state index contributed by atoms with van der Waals surface area (Å²) in [6.07, 6.45) is 5.47. The SMILES string of the molecule is ClCc1cc(Br)ccc1N1CCOC2CCCCC21. The maximum Gasteiger partial charge on any atom is 0.0779 e. The van der Waals surface area contributed by atoms with Gasteiger partial charge in [0.2, 0.25) is 0 Å². The predicted molar refractivity (Wildman–Crippen MR) is 83.0 cm³/mol. The molecule has 1 aliphatic carbocycles. The van der Waals surface area contributed by atoms with E-state index in [0.29, 0.717) is 18.0 Å². The van der Waals surface area contributed by atoms with Gasteiger partial charge < -0.3 is 9.64 Å². The highest BCUT2D eigenvalue weighted by Crippen LogP contribution is 2.35. The lowest BCUT2D eigenvalue weighted by Crippen LogP contribution is -2.53. The highest BCUT2D eigenvalue weighted by molar-refractivity contribution is 9.10. The lowest BCUT2D eigenvalue weighted by Gasteiger charge is -2.45. The first-order valence-electron chi connectivity index (χ1n) is 7.02. The molecule has 1 saturated carbocycles. The van der Waals surface area contributed by atoms with Crippen LogP contribution in [0.5, 0.6) is 0 Å². The molecule has 2 fully saturated rings. The Morgan fingerprint density at radius 3 is 3.00 bits per heavy atom. The first-order chi connectivity index (χ1) is 9.29. The molecule has 19 heavy (non-hydrogen) atoms. The van der Waals surface area contributed by atoms with Crippen molar-refractivity contribution < 1.29 is 4.74 Å². The predicted octanol–water partition coefficient (Wildman–Crippen LogP) is 4.34. The standard InChI is InChI=1S/C15H19BrClNO/c16-12-5-6-13(11(9-12)10-17)18-7-8-19-15-4-2-1-3-14(15)18/h5-6,9,14-15H,1-4,7-8,10H2. The maximum atomic E-state index is 6.12. The smallest absolute Gasteiger partial charge is 0.0779 e. The third-order valence-corrected chi connectivity index (χ3v) is 5.01. The second-order valence-corrected chi connectivity index (χ2v) is 6.54. The molecule has 104 valence electrons. The number of fused-ring (bicyclic) bond motifs is 1. The Hall–Kier alpha value is -0.250. The van der Waals surface area contributed by atoms with E-state index in [4.69, 9.17) is 16.3 Å². The van der Waals surface area contributed by atoms with Gasteiger partial charge in [-0.1, -0.05) is 28.8 Å². The normalized spacial score (nSPS) is 27.2. The van der Waals surface area contributed by atoms with Crippen molar-refractivity contribution in [3.05, 3.63) is 28.2 Å². The Bertz CT molecular complexity index is 452.